The fourth-order valence-corrected chi connectivity index (χ4v) is 2.87. The molecule has 0 fully saturated rings. The van der Waals surface area contributed by atoms with Gasteiger partial charge in [0.15, 0.2) is 0 Å². The van der Waals surface area contributed by atoms with Gasteiger partial charge in [0.05, 0.1) is 18.4 Å². The molecule has 0 aliphatic rings. The van der Waals surface area contributed by atoms with Gasteiger partial charge in [0.2, 0.25) is 5.91 Å². The van der Waals surface area contributed by atoms with Crippen LogP contribution < -0.4 is 5.32 Å². The monoisotopic (exact) mass is 304 g/mol. The van der Waals surface area contributed by atoms with Gasteiger partial charge in [0.1, 0.15) is 5.01 Å². The van der Waals surface area contributed by atoms with Crippen molar-refractivity contribution >= 4 is 28.9 Å². The molecule has 2 rings (SSSR count). The normalized spacial score (nSPS) is 10.3. The van der Waals surface area contributed by atoms with Crippen molar-refractivity contribution in [3.8, 4) is 10.6 Å². The van der Waals surface area contributed by atoms with Crippen molar-refractivity contribution < 1.29 is 14.3 Å². The molecule has 0 aliphatic heterocycles. The summed E-state index contributed by atoms with van der Waals surface area (Å²) in [6, 6.07) is 3.48. The van der Waals surface area contributed by atoms with Gasteiger partial charge in [-0.05, 0) is 31.5 Å². The number of nitrogens with one attached hydrogen (secondary N) is 1. The Bertz CT molecular complexity index is 707. The quantitative estimate of drug-likeness (QED) is 0.884. The SMILES string of the molecule is COC(=O)c1cc(C)c(-c2nc(C)cs2)cc1NC(C)=O. The van der Waals surface area contributed by atoms with Crippen molar-refractivity contribution in [2.45, 2.75) is 20.8 Å². The second-order valence-electron chi connectivity index (χ2n) is 4.68. The average Bonchev–Trinajstić information content (AvgIpc) is 2.85. The number of nitrogens with zero attached hydrogens (tertiary/aromatic N) is 1. The first-order chi connectivity index (χ1) is 9.92. The highest BCUT2D eigenvalue weighted by Gasteiger charge is 2.17. The van der Waals surface area contributed by atoms with E-state index < -0.39 is 5.97 Å². The zero-order valence-corrected chi connectivity index (χ0v) is 13.1. The third-order valence-corrected chi connectivity index (χ3v) is 3.92. The van der Waals surface area contributed by atoms with Crippen molar-refractivity contribution in [2.75, 3.05) is 12.4 Å². The molecule has 0 bridgehead atoms. The number of rotatable bonds is 3. The summed E-state index contributed by atoms with van der Waals surface area (Å²) in [5, 5.41) is 5.48. The van der Waals surface area contributed by atoms with Gasteiger partial charge in [-0.15, -0.1) is 11.3 Å². The number of anilines is 1. The fourth-order valence-electron chi connectivity index (χ4n) is 1.99. The number of carbonyl (C=O) groups is 2. The van der Waals surface area contributed by atoms with Gasteiger partial charge in [-0.3, -0.25) is 4.79 Å². The first kappa shape index (κ1) is 15.2. The number of ether oxygens (including phenoxy) is 1. The molecule has 1 aromatic heterocycles. The number of hydrogen-bond donors (Lipinski definition) is 1. The standard InChI is InChI=1S/C15H16N2O3S/c1-8-5-12(15(19)20-4)13(17-10(3)18)6-11(8)14-16-9(2)7-21-14/h5-7H,1-4H3,(H,17,18). The van der Waals surface area contributed by atoms with Gasteiger partial charge in [-0.2, -0.15) is 0 Å². The summed E-state index contributed by atoms with van der Waals surface area (Å²) in [7, 11) is 1.31. The van der Waals surface area contributed by atoms with Crippen molar-refractivity contribution in [3.63, 3.8) is 0 Å². The van der Waals surface area contributed by atoms with Crippen LogP contribution in [0.3, 0.4) is 0 Å². The molecule has 1 N–H and O–H groups in total. The van der Waals surface area contributed by atoms with E-state index in [0.717, 1.165) is 21.8 Å². The highest BCUT2D eigenvalue weighted by Crippen LogP contribution is 2.32. The summed E-state index contributed by atoms with van der Waals surface area (Å²) in [6.45, 7) is 5.22. The molecule has 5 nitrogen and oxygen atoms in total. The Balaban J connectivity index is 2.58. The molecule has 1 heterocycles. The first-order valence-corrected chi connectivity index (χ1v) is 7.23. The molecule has 21 heavy (non-hydrogen) atoms. The van der Waals surface area contributed by atoms with E-state index in [4.69, 9.17) is 4.74 Å². The predicted molar refractivity (Wildman–Crippen MR) is 82.7 cm³/mol. The second kappa shape index (κ2) is 6.05. The number of thiazole rings is 1. The Morgan fingerprint density at radius 1 is 1.29 bits per heavy atom. The van der Waals surface area contributed by atoms with Gasteiger partial charge in [0, 0.05) is 23.6 Å². The number of hydrogen-bond acceptors (Lipinski definition) is 5. The molecule has 0 spiro atoms. The predicted octanol–water partition coefficient (Wildman–Crippen LogP) is 3.17. The number of carbonyl (C=O) groups excluding carboxylic acids is 2. The minimum atomic E-state index is -0.483. The van der Waals surface area contributed by atoms with E-state index in [1.807, 2.05) is 19.2 Å². The molecule has 2 aromatic rings. The van der Waals surface area contributed by atoms with E-state index in [2.05, 4.69) is 10.3 Å². The van der Waals surface area contributed by atoms with Crippen LogP contribution in [0.5, 0.6) is 0 Å². The maximum Gasteiger partial charge on any atom is 0.339 e. The minimum Gasteiger partial charge on any atom is -0.465 e. The topological polar surface area (TPSA) is 68.3 Å². The van der Waals surface area contributed by atoms with Crippen molar-refractivity contribution in [3.05, 3.63) is 34.3 Å². The van der Waals surface area contributed by atoms with Gasteiger partial charge in [-0.1, -0.05) is 0 Å². The molecule has 0 saturated carbocycles. The van der Waals surface area contributed by atoms with Gasteiger partial charge < -0.3 is 10.1 Å². The van der Waals surface area contributed by atoms with Crippen LogP contribution in [0.25, 0.3) is 10.6 Å². The van der Waals surface area contributed by atoms with Crippen LogP contribution in [0.15, 0.2) is 17.5 Å². The molecule has 1 aromatic carbocycles. The van der Waals surface area contributed by atoms with E-state index in [9.17, 15) is 9.59 Å². The molecular formula is C15H16N2O3S. The van der Waals surface area contributed by atoms with Crippen LogP contribution in [-0.2, 0) is 9.53 Å². The second-order valence-corrected chi connectivity index (χ2v) is 5.54. The third-order valence-electron chi connectivity index (χ3n) is 2.93. The molecule has 1 amide bonds. The molecule has 0 aliphatic carbocycles. The number of methoxy groups -OCH3 is 1. The maximum absolute atomic E-state index is 11.8. The zero-order valence-electron chi connectivity index (χ0n) is 12.3. The van der Waals surface area contributed by atoms with Crippen molar-refractivity contribution in [1.82, 2.24) is 4.98 Å². The average molecular weight is 304 g/mol. The lowest BCUT2D eigenvalue weighted by Crippen LogP contribution is -2.12. The number of esters is 1. The molecule has 0 saturated heterocycles. The van der Waals surface area contributed by atoms with E-state index >= 15 is 0 Å². The third kappa shape index (κ3) is 3.28. The summed E-state index contributed by atoms with van der Waals surface area (Å²) in [4.78, 5) is 27.6. The number of aryl methyl sites for hydroxylation is 2. The van der Waals surface area contributed by atoms with Crippen LogP contribution in [0.1, 0.15) is 28.5 Å². The Kier molecular flexibility index (Phi) is 4.37. The van der Waals surface area contributed by atoms with Crippen LogP contribution in [0.2, 0.25) is 0 Å². The summed E-state index contributed by atoms with van der Waals surface area (Å²) in [5.41, 5.74) is 3.50. The van der Waals surface area contributed by atoms with Crippen molar-refractivity contribution in [2.24, 2.45) is 0 Å². The molecule has 0 radical (unpaired) electrons. The summed E-state index contributed by atoms with van der Waals surface area (Å²) >= 11 is 1.52. The maximum atomic E-state index is 11.8. The minimum absolute atomic E-state index is 0.245. The van der Waals surface area contributed by atoms with Crippen LogP contribution in [-0.4, -0.2) is 24.0 Å². The Hall–Kier alpha value is -2.21. The number of benzene rings is 1. The lowest BCUT2D eigenvalue weighted by atomic mass is 10.0. The summed E-state index contributed by atoms with van der Waals surface area (Å²) in [5.74, 6) is -0.728. The lowest BCUT2D eigenvalue weighted by Gasteiger charge is -2.12. The molecule has 0 atom stereocenters. The smallest absolute Gasteiger partial charge is 0.339 e. The largest absolute Gasteiger partial charge is 0.465 e. The Labute approximate surface area is 127 Å². The van der Waals surface area contributed by atoms with Crippen LogP contribution in [0, 0.1) is 13.8 Å². The zero-order chi connectivity index (χ0) is 15.6. The Morgan fingerprint density at radius 3 is 2.52 bits per heavy atom. The first-order valence-electron chi connectivity index (χ1n) is 6.35. The lowest BCUT2D eigenvalue weighted by molar-refractivity contribution is -0.114. The summed E-state index contributed by atoms with van der Waals surface area (Å²) < 4.78 is 4.76. The molecule has 0 unspecified atom stereocenters. The van der Waals surface area contributed by atoms with E-state index in [1.165, 1.54) is 25.4 Å². The number of aromatic nitrogens is 1. The van der Waals surface area contributed by atoms with Gasteiger partial charge >= 0.3 is 5.97 Å². The van der Waals surface area contributed by atoms with Gasteiger partial charge in [-0.25, -0.2) is 9.78 Å². The van der Waals surface area contributed by atoms with Gasteiger partial charge in [0.25, 0.3) is 0 Å². The van der Waals surface area contributed by atoms with Crippen molar-refractivity contribution in [1.29, 1.82) is 0 Å². The number of amides is 1. The van der Waals surface area contributed by atoms with E-state index in [-0.39, 0.29) is 5.91 Å². The fraction of sp³-hybridized carbons (Fsp3) is 0.267. The van der Waals surface area contributed by atoms with Crippen LogP contribution >= 0.6 is 11.3 Å². The Morgan fingerprint density at radius 2 is 2.00 bits per heavy atom. The highest BCUT2D eigenvalue weighted by molar-refractivity contribution is 7.13. The van der Waals surface area contributed by atoms with Crippen LogP contribution in [0.4, 0.5) is 5.69 Å². The molecule has 110 valence electrons. The van der Waals surface area contributed by atoms with E-state index in [0.29, 0.717) is 11.3 Å². The molecule has 6 heteroatoms. The highest BCUT2D eigenvalue weighted by atomic mass is 32.1. The summed E-state index contributed by atoms with van der Waals surface area (Å²) in [6.07, 6.45) is 0. The van der Waals surface area contributed by atoms with E-state index in [1.54, 1.807) is 12.1 Å². The molecular weight excluding hydrogens is 288 g/mol.